The van der Waals surface area contributed by atoms with E-state index in [9.17, 15) is 0 Å². The number of hydrogen-bond acceptors (Lipinski definition) is 2. The first kappa shape index (κ1) is 15.3. The number of nitrogens with one attached hydrogen (secondary N) is 1. The van der Waals surface area contributed by atoms with Gasteiger partial charge in [0, 0.05) is 25.2 Å². The Morgan fingerprint density at radius 3 is 2.53 bits per heavy atom. The van der Waals surface area contributed by atoms with Crippen molar-refractivity contribution in [3.63, 3.8) is 0 Å². The predicted octanol–water partition coefficient (Wildman–Crippen LogP) is 3.52. The Bertz CT molecular complexity index is 260. The summed E-state index contributed by atoms with van der Waals surface area (Å²) in [5.74, 6) is 2.67. The second kappa shape index (κ2) is 7.08. The van der Waals surface area contributed by atoms with Crippen LogP contribution in [-0.2, 0) is 0 Å². The predicted molar refractivity (Wildman–Crippen MR) is 83.4 cm³/mol. The van der Waals surface area contributed by atoms with Crippen molar-refractivity contribution in [2.75, 3.05) is 19.6 Å². The Kier molecular flexibility index (Phi) is 5.70. The van der Waals surface area contributed by atoms with Gasteiger partial charge in [-0.2, -0.15) is 0 Å². The standard InChI is InChI=1S/C17H34N2/c1-5-14(4)17-11-18-16(15-8-9-15)12-19(17)10-6-7-13(2)3/h13-18H,5-12H2,1-4H3. The minimum absolute atomic E-state index is 0.771. The third-order valence-corrected chi connectivity index (χ3v) is 5.21. The Balaban J connectivity index is 1.86. The van der Waals surface area contributed by atoms with Gasteiger partial charge in [0.05, 0.1) is 0 Å². The van der Waals surface area contributed by atoms with Gasteiger partial charge < -0.3 is 5.32 Å². The molecule has 0 aromatic heterocycles. The third kappa shape index (κ3) is 4.46. The van der Waals surface area contributed by atoms with Crippen LogP contribution in [0, 0.1) is 17.8 Å². The fourth-order valence-electron chi connectivity index (χ4n) is 3.46. The summed E-state index contributed by atoms with van der Waals surface area (Å²) < 4.78 is 0. The molecule has 1 aliphatic carbocycles. The molecule has 19 heavy (non-hydrogen) atoms. The normalized spacial score (nSPS) is 30.8. The Morgan fingerprint density at radius 2 is 1.95 bits per heavy atom. The van der Waals surface area contributed by atoms with E-state index in [2.05, 4.69) is 37.9 Å². The monoisotopic (exact) mass is 266 g/mol. The van der Waals surface area contributed by atoms with E-state index in [4.69, 9.17) is 0 Å². The van der Waals surface area contributed by atoms with Crippen molar-refractivity contribution in [2.45, 2.75) is 71.9 Å². The lowest BCUT2D eigenvalue weighted by Gasteiger charge is -2.43. The van der Waals surface area contributed by atoms with E-state index >= 15 is 0 Å². The molecule has 2 nitrogen and oxygen atoms in total. The van der Waals surface area contributed by atoms with Gasteiger partial charge in [-0.3, -0.25) is 4.90 Å². The van der Waals surface area contributed by atoms with Gasteiger partial charge >= 0.3 is 0 Å². The van der Waals surface area contributed by atoms with E-state index in [1.54, 1.807) is 0 Å². The highest BCUT2D eigenvalue weighted by Crippen LogP contribution is 2.35. The van der Waals surface area contributed by atoms with Crippen LogP contribution in [0.5, 0.6) is 0 Å². The summed E-state index contributed by atoms with van der Waals surface area (Å²) in [5.41, 5.74) is 0. The first-order valence-corrected chi connectivity index (χ1v) is 8.59. The van der Waals surface area contributed by atoms with E-state index in [0.717, 1.165) is 29.8 Å². The SMILES string of the molecule is CCC(C)C1CNC(C2CC2)CN1CCCC(C)C. The lowest BCUT2D eigenvalue weighted by atomic mass is 9.93. The first-order chi connectivity index (χ1) is 9.11. The Hall–Kier alpha value is -0.0800. The zero-order valence-corrected chi connectivity index (χ0v) is 13.5. The molecule has 1 aliphatic heterocycles. The zero-order valence-electron chi connectivity index (χ0n) is 13.5. The molecular weight excluding hydrogens is 232 g/mol. The second-order valence-corrected chi connectivity index (χ2v) is 7.34. The van der Waals surface area contributed by atoms with Crippen LogP contribution in [0.2, 0.25) is 0 Å². The van der Waals surface area contributed by atoms with Crippen molar-refractivity contribution >= 4 is 0 Å². The molecule has 1 heterocycles. The molecule has 0 bridgehead atoms. The van der Waals surface area contributed by atoms with Crippen LogP contribution in [0.15, 0.2) is 0 Å². The van der Waals surface area contributed by atoms with Gasteiger partial charge in [0.2, 0.25) is 0 Å². The fourth-order valence-corrected chi connectivity index (χ4v) is 3.46. The zero-order chi connectivity index (χ0) is 13.8. The molecule has 1 saturated carbocycles. The molecule has 2 rings (SSSR count). The van der Waals surface area contributed by atoms with E-state index in [1.807, 2.05) is 0 Å². The summed E-state index contributed by atoms with van der Waals surface area (Å²) >= 11 is 0. The summed E-state index contributed by atoms with van der Waals surface area (Å²) in [6.45, 7) is 13.3. The molecule has 1 saturated heterocycles. The van der Waals surface area contributed by atoms with Gasteiger partial charge in [-0.1, -0.05) is 34.1 Å². The van der Waals surface area contributed by atoms with Crippen LogP contribution >= 0.6 is 0 Å². The molecule has 0 radical (unpaired) electrons. The second-order valence-electron chi connectivity index (χ2n) is 7.34. The smallest absolute Gasteiger partial charge is 0.0246 e. The number of rotatable bonds is 7. The van der Waals surface area contributed by atoms with Gasteiger partial charge in [0.15, 0.2) is 0 Å². The fraction of sp³-hybridized carbons (Fsp3) is 1.00. The molecule has 2 aliphatic rings. The van der Waals surface area contributed by atoms with Gasteiger partial charge in [0.25, 0.3) is 0 Å². The molecule has 1 N–H and O–H groups in total. The summed E-state index contributed by atoms with van der Waals surface area (Å²) in [6.07, 6.45) is 6.99. The van der Waals surface area contributed by atoms with Crippen LogP contribution in [-0.4, -0.2) is 36.6 Å². The van der Waals surface area contributed by atoms with Crippen LogP contribution in [0.25, 0.3) is 0 Å². The van der Waals surface area contributed by atoms with Crippen molar-refractivity contribution in [3.8, 4) is 0 Å². The number of nitrogens with zero attached hydrogens (tertiary/aromatic N) is 1. The van der Waals surface area contributed by atoms with E-state index in [-0.39, 0.29) is 0 Å². The van der Waals surface area contributed by atoms with Crippen LogP contribution in [0.3, 0.4) is 0 Å². The van der Waals surface area contributed by atoms with Crippen LogP contribution in [0.4, 0.5) is 0 Å². The van der Waals surface area contributed by atoms with Crippen molar-refractivity contribution in [2.24, 2.45) is 17.8 Å². The quantitative estimate of drug-likeness (QED) is 0.758. The molecule has 0 aromatic rings. The topological polar surface area (TPSA) is 15.3 Å². The van der Waals surface area contributed by atoms with Crippen molar-refractivity contribution in [1.82, 2.24) is 10.2 Å². The van der Waals surface area contributed by atoms with Crippen LogP contribution < -0.4 is 5.32 Å². The molecule has 3 atom stereocenters. The van der Waals surface area contributed by atoms with Gasteiger partial charge in [-0.05, 0) is 50.0 Å². The lowest BCUT2D eigenvalue weighted by Crippen LogP contribution is -2.59. The Labute approximate surface area is 120 Å². The molecule has 0 spiro atoms. The highest BCUT2D eigenvalue weighted by molar-refractivity contribution is 4.95. The highest BCUT2D eigenvalue weighted by Gasteiger charge is 2.37. The molecule has 2 heteroatoms. The van der Waals surface area contributed by atoms with Crippen molar-refractivity contribution in [1.29, 1.82) is 0 Å². The number of piperazine rings is 1. The maximum absolute atomic E-state index is 3.83. The maximum atomic E-state index is 3.83. The molecule has 2 fully saturated rings. The average molecular weight is 266 g/mol. The van der Waals surface area contributed by atoms with Gasteiger partial charge in [-0.15, -0.1) is 0 Å². The molecule has 0 amide bonds. The van der Waals surface area contributed by atoms with Gasteiger partial charge in [-0.25, -0.2) is 0 Å². The minimum Gasteiger partial charge on any atom is -0.311 e. The minimum atomic E-state index is 0.771. The first-order valence-electron chi connectivity index (χ1n) is 8.59. The largest absolute Gasteiger partial charge is 0.311 e. The maximum Gasteiger partial charge on any atom is 0.0246 e. The van der Waals surface area contributed by atoms with Crippen molar-refractivity contribution in [3.05, 3.63) is 0 Å². The highest BCUT2D eigenvalue weighted by atomic mass is 15.2. The summed E-state index contributed by atoms with van der Waals surface area (Å²) in [7, 11) is 0. The summed E-state index contributed by atoms with van der Waals surface area (Å²) in [4.78, 5) is 2.82. The number of hydrogen-bond donors (Lipinski definition) is 1. The van der Waals surface area contributed by atoms with E-state index in [1.165, 1.54) is 51.7 Å². The molecule has 112 valence electrons. The van der Waals surface area contributed by atoms with Crippen molar-refractivity contribution < 1.29 is 0 Å². The summed E-state index contributed by atoms with van der Waals surface area (Å²) in [5, 5.41) is 3.83. The van der Waals surface area contributed by atoms with E-state index in [0.29, 0.717) is 0 Å². The molecular formula is C17H34N2. The van der Waals surface area contributed by atoms with Crippen LogP contribution in [0.1, 0.15) is 59.8 Å². The molecule has 0 aromatic carbocycles. The average Bonchev–Trinajstić information content (AvgIpc) is 3.21. The van der Waals surface area contributed by atoms with E-state index < -0.39 is 0 Å². The molecule has 3 unspecified atom stereocenters. The Morgan fingerprint density at radius 1 is 1.21 bits per heavy atom. The van der Waals surface area contributed by atoms with Gasteiger partial charge in [0.1, 0.15) is 0 Å². The summed E-state index contributed by atoms with van der Waals surface area (Å²) in [6, 6.07) is 1.56. The third-order valence-electron chi connectivity index (χ3n) is 5.21. The lowest BCUT2D eigenvalue weighted by molar-refractivity contribution is 0.0830.